The zero-order chi connectivity index (χ0) is 14.4. The van der Waals surface area contributed by atoms with Crippen LogP contribution < -0.4 is 11.1 Å². The number of halogens is 3. The van der Waals surface area contributed by atoms with E-state index in [1.54, 1.807) is 6.92 Å². The van der Waals surface area contributed by atoms with E-state index in [-0.39, 0.29) is 36.3 Å². The van der Waals surface area contributed by atoms with Crippen LogP contribution in [-0.4, -0.2) is 34.8 Å². The third kappa shape index (κ3) is 5.03. The summed E-state index contributed by atoms with van der Waals surface area (Å²) in [4.78, 5) is 11.7. The van der Waals surface area contributed by atoms with Crippen molar-refractivity contribution >= 4 is 23.5 Å². The molecule has 0 aliphatic heterocycles. The summed E-state index contributed by atoms with van der Waals surface area (Å²) in [5.74, 6) is -1.13. The van der Waals surface area contributed by atoms with Crippen molar-refractivity contribution in [3.8, 4) is 0 Å². The van der Waals surface area contributed by atoms with Gasteiger partial charge in [0.05, 0.1) is 0 Å². The van der Waals surface area contributed by atoms with Gasteiger partial charge in [-0.2, -0.15) is 13.2 Å². The number of nitrogens with zero attached hydrogens (tertiary/aromatic N) is 1. The summed E-state index contributed by atoms with van der Waals surface area (Å²) in [7, 11) is 0. The van der Waals surface area contributed by atoms with Crippen LogP contribution in [-0.2, 0) is 4.79 Å². The van der Waals surface area contributed by atoms with E-state index in [0.717, 1.165) is 0 Å². The van der Waals surface area contributed by atoms with Crippen LogP contribution in [0.1, 0.15) is 20.3 Å². The molecular weight excluding hydrogens is 271 g/mol. The zero-order valence-corrected chi connectivity index (χ0v) is 10.9. The molecule has 1 atom stereocenters. The Morgan fingerprint density at radius 3 is 2.44 bits per heavy atom. The summed E-state index contributed by atoms with van der Waals surface area (Å²) in [6.45, 7) is 2.97. The Morgan fingerprint density at radius 1 is 1.50 bits per heavy atom. The highest BCUT2D eigenvalue weighted by molar-refractivity contribution is 8.00. The van der Waals surface area contributed by atoms with Gasteiger partial charge >= 0.3 is 5.51 Å². The number of carbonyl (C=O) groups is 1. The first-order valence-corrected chi connectivity index (χ1v) is 6.13. The predicted octanol–water partition coefficient (Wildman–Crippen LogP) is 1.52. The van der Waals surface area contributed by atoms with Crippen molar-refractivity contribution in [1.29, 1.82) is 0 Å². The molecule has 0 radical (unpaired) electrons. The summed E-state index contributed by atoms with van der Waals surface area (Å²) >= 11 is -0.218. The maximum atomic E-state index is 11.8. The number of rotatable bonds is 6. The van der Waals surface area contributed by atoms with Gasteiger partial charge in [-0.15, -0.1) is 0 Å². The van der Waals surface area contributed by atoms with E-state index in [1.807, 2.05) is 0 Å². The molecule has 0 aromatic heterocycles. The van der Waals surface area contributed by atoms with Crippen molar-refractivity contribution in [2.75, 3.05) is 12.3 Å². The fourth-order valence-electron chi connectivity index (χ4n) is 1.09. The summed E-state index contributed by atoms with van der Waals surface area (Å²) in [6, 6.07) is 0. The van der Waals surface area contributed by atoms with Gasteiger partial charge in [0.1, 0.15) is 5.41 Å². The maximum absolute atomic E-state index is 11.8. The minimum absolute atomic E-state index is 0.142. The molecule has 0 aromatic carbocycles. The van der Waals surface area contributed by atoms with E-state index in [0.29, 0.717) is 0 Å². The molecule has 0 saturated heterocycles. The first-order chi connectivity index (χ1) is 8.17. The third-order valence-corrected chi connectivity index (χ3v) is 3.27. The number of hydrogen-bond acceptors (Lipinski definition) is 4. The van der Waals surface area contributed by atoms with Crippen LogP contribution in [0.15, 0.2) is 5.16 Å². The second-order valence-electron chi connectivity index (χ2n) is 3.72. The number of alkyl halides is 3. The van der Waals surface area contributed by atoms with Gasteiger partial charge in [0.25, 0.3) is 0 Å². The van der Waals surface area contributed by atoms with Crippen LogP contribution in [0.2, 0.25) is 0 Å². The van der Waals surface area contributed by atoms with Crippen LogP contribution in [0, 0.1) is 5.41 Å². The SMILES string of the molecule is CCC(C)(C(=O)NCCSC(F)(F)F)C(N)=NO. The highest BCUT2D eigenvalue weighted by Crippen LogP contribution is 2.29. The van der Waals surface area contributed by atoms with E-state index in [9.17, 15) is 18.0 Å². The molecule has 0 heterocycles. The number of nitrogens with two attached hydrogens (primary N) is 1. The molecule has 4 N–H and O–H groups in total. The normalized spacial score (nSPS) is 16.2. The fourth-order valence-corrected chi connectivity index (χ4v) is 1.53. The first kappa shape index (κ1) is 16.9. The number of thioether (sulfide) groups is 1. The molecular formula is C9H16F3N3O2S. The predicted molar refractivity (Wildman–Crippen MR) is 63.3 cm³/mol. The summed E-state index contributed by atoms with van der Waals surface area (Å²) in [6.07, 6.45) is 0.265. The molecule has 5 nitrogen and oxygen atoms in total. The van der Waals surface area contributed by atoms with Crippen molar-refractivity contribution in [2.45, 2.75) is 25.8 Å². The number of amides is 1. The molecule has 0 spiro atoms. The molecule has 9 heteroatoms. The lowest BCUT2D eigenvalue weighted by Gasteiger charge is -2.25. The van der Waals surface area contributed by atoms with Gasteiger partial charge in [-0.05, 0) is 25.1 Å². The van der Waals surface area contributed by atoms with Crippen LogP contribution in [0.5, 0.6) is 0 Å². The second kappa shape index (κ2) is 6.72. The van der Waals surface area contributed by atoms with E-state index >= 15 is 0 Å². The van der Waals surface area contributed by atoms with Gasteiger partial charge < -0.3 is 16.3 Å². The average molecular weight is 287 g/mol. The molecule has 1 unspecified atom stereocenters. The van der Waals surface area contributed by atoms with Crippen molar-refractivity contribution < 1.29 is 23.2 Å². The van der Waals surface area contributed by atoms with Gasteiger partial charge in [0.15, 0.2) is 5.84 Å². The van der Waals surface area contributed by atoms with Gasteiger partial charge in [-0.3, -0.25) is 4.79 Å². The van der Waals surface area contributed by atoms with Gasteiger partial charge in [-0.25, -0.2) is 0 Å². The number of carbonyl (C=O) groups excluding carboxylic acids is 1. The lowest BCUT2D eigenvalue weighted by atomic mass is 9.85. The molecule has 18 heavy (non-hydrogen) atoms. The first-order valence-electron chi connectivity index (χ1n) is 5.14. The number of amidine groups is 1. The van der Waals surface area contributed by atoms with Crippen LogP contribution in [0.3, 0.4) is 0 Å². The molecule has 0 rings (SSSR count). The molecule has 0 aliphatic rings. The molecule has 0 aromatic rings. The van der Waals surface area contributed by atoms with Crippen LogP contribution in [0.25, 0.3) is 0 Å². The van der Waals surface area contributed by atoms with Crippen LogP contribution in [0.4, 0.5) is 13.2 Å². The van der Waals surface area contributed by atoms with E-state index in [2.05, 4.69) is 10.5 Å². The van der Waals surface area contributed by atoms with Crippen molar-refractivity contribution in [3.63, 3.8) is 0 Å². The quantitative estimate of drug-likeness (QED) is 0.227. The molecule has 0 saturated carbocycles. The second-order valence-corrected chi connectivity index (χ2v) is 4.88. The van der Waals surface area contributed by atoms with Gasteiger partial charge in [0, 0.05) is 12.3 Å². The Balaban J connectivity index is 4.31. The van der Waals surface area contributed by atoms with Crippen molar-refractivity contribution in [3.05, 3.63) is 0 Å². The number of hydrogen-bond donors (Lipinski definition) is 3. The van der Waals surface area contributed by atoms with Crippen LogP contribution >= 0.6 is 11.8 Å². The number of oxime groups is 1. The standard InChI is InChI=1S/C9H16F3N3O2S/c1-3-8(2,6(13)15-17)7(16)14-4-5-18-9(10,11)12/h17H,3-5H2,1-2H3,(H2,13,15)(H,14,16). The topological polar surface area (TPSA) is 87.7 Å². The van der Waals surface area contributed by atoms with Crippen molar-refractivity contribution in [1.82, 2.24) is 5.32 Å². The van der Waals surface area contributed by atoms with E-state index in [1.165, 1.54) is 6.92 Å². The third-order valence-electron chi connectivity index (χ3n) is 2.53. The zero-order valence-electron chi connectivity index (χ0n) is 10.0. The number of nitrogens with one attached hydrogen (secondary N) is 1. The largest absolute Gasteiger partial charge is 0.441 e. The Bertz CT molecular complexity index is 323. The molecule has 0 fully saturated rings. The highest BCUT2D eigenvalue weighted by Gasteiger charge is 2.36. The summed E-state index contributed by atoms with van der Waals surface area (Å²) < 4.78 is 35.5. The Labute approximate surface area is 107 Å². The van der Waals surface area contributed by atoms with Gasteiger partial charge in [-0.1, -0.05) is 12.1 Å². The van der Waals surface area contributed by atoms with Gasteiger partial charge in [0.2, 0.25) is 5.91 Å². The average Bonchev–Trinajstić information content (AvgIpc) is 2.30. The molecule has 0 bridgehead atoms. The Kier molecular flexibility index (Phi) is 6.30. The molecule has 1 amide bonds. The summed E-state index contributed by atoms with van der Waals surface area (Å²) in [5, 5.41) is 13.7. The lowest BCUT2D eigenvalue weighted by molar-refractivity contribution is -0.127. The fraction of sp³-hybridized carbons (Fsp3) is 0.778. The molecule has 0 aliphatic carbocycles. The highest BCUT2D eigenvalue weighted by atomic mass is 32.2. The minimum atomic E-state index is -4.32. The maximum Gasteiger partial charge on any atom is 0.441 e. The molecule has 106 valence electrons. The van der Waals surface area contributed by atoms with E-state index in [4.69, 9.17) is 10.9 Å². The lowest BCUT2D eigenvalue weighted by Crippen LogP contribution is -2.48. The minimum Gasteiger partial charge on any atom is -0.409 e. The smallest absolute Gasteiger partial charge is 0.409 e. The van der Waals surface area contributed by atoms with Crippen molar-refractivity contribution in [2.24, 2.45) is 16.3 Å². The van der Waals surface area contributed by atoms with E-state index < -0.39 is 16.8 Å². The monoisotopic (exact) mass is 287 g/mol. The Hall–Kier alpha value is -1.12. The summed E-state index contributed by atoms with van der Waals surface area (Å²) in [5.41, 5.74) is -0.149. The Morgan fingerprint density at radius 2 is 2.06 bits per heavy atom.